The van der Waals surface area contributed by atoms with E-state index in [1.807, 2.05) is 12.1 Å². The van der Waals surface area contributed by atoms with Gasteiger partial charge in [-0.2, -0.15) is 0 Å². The molecule has 0 N–H and O–H groups in total. The van der Waals surface area contributed by atoms with E-state index in [1.54, 1.807) is 7.11 Å². The molecule has 1 aromatic carbocycles. The zero-order chi connectivity index (χ0) is 30.4. The third kappa shape index (κ3) is 10.8. The Balaban J connectivity index is 2.18. The van der Waals surface area contributed by atoms with E-state index in [9.17, 15) is 0 Å². The molecule has 0 spiro atoms. The summed E-state index contributed by atoms with van der Waals surface area (Å²) in [6.45, 7) is 30.3. The van der Waals surface area contributed by atoms with Gasteiger partial charge in [0, 0.05) is 18.9 Å². The first-order valence-electron chi connectivity index (χ1n) is 15.6. The summed E-state index contributed by atoms with van der Waals surface area (Å²) in [5, 5.41) is 0.382. The first kappa shape index (κ1) is 35.5. The van der Waals surface area contributed by atoms with Crippen LogP contribution in [0.4, 0.5) is 0 Å². The molecule has 1 heterocycles. The van der Waals surface area contributed by atoms with Gasteiger partial charge in [-0.05, 0) is 72.7 Å². The standard InChI is InChI=1S/C33H62O5Si2/c1-14-26(23-37-39(10,11)32(3,4)5)17-20-30(38-40(12,13)33(6,7)8)25(2)31(21-29-24-35-29)36-22-27-15-18-28(34-9)19-16-27/h15-16,18-19,25-26,29-31H,14,17,20-24H2,1-13H3/t25-,26-,29?,30+,31+/m1/s1. The van der Waals surface area contributed by atoms with Crippen LogP contribution in [0.25, 0.3) is 0 Å². The minimum absolute atomic E-state index is 0.0768. The van der Waals surface area contributed by atoms with Gasteiger partial charge in [-0.1, -0.05) is 73.9 Å². The summed E-state index contributed by atoms with van der Waals surface area (Å²) in [6.07, 6.45) is 4.71. The van der Waals surface area contributed by atoms with Crippen molar-refractivity contribution in [2.45, 2.75) is 142 Å². The van der Waals surface area contributed by atoms with E-state index in [0.717, 1.165) is 50.2 Å². The highest BCUT2D eigenvalue weighted by Gasteiger charge is 2.42. The highest BCUT2D eigenvalue weighted by Crippen LogP contribution is 2.41. The van der Waals surface area contributed by atoms with Crippen molar-refractivity contribution in [3.8, 4) is 5.75 Å². The fraction of sp³-hybridized carbons (Fsp3) is 0.818. The number of rotatable bonds is 17. The Kier molecular flexibility index (Phi) is 13.0. The van der Waals surface area contributed by atoms with Gasteiger partial charge in [-0.15, -0.1) is 0 Å². The van der Waals surface area contributed by atoms with Crippen molar-refractivity contribution < 1.29 is 23.1 Å². The molecule has 232 valence electrons. The number of ether oxygens (including phenoxy) is 3. The van der Waals surface area contributed by atoms with E-state index in [2.05, 4.69) is 93.7 Å². The predicted molar refractivity (Wildman–Crippen MR) is 173 cm³/mol. The van der Waals surface area contributed by atoms with E-state index in [4.69, 9.17) is 23.1 Å². The second kappa shape index (κ2) is 14.7. The molecule has 0 bridgehead atoms. The molecule has 1 aromatic rings. The molecule has 1 aliphatic rings. The quantitative estimate of drug-likeness (QED) is 0.133. The third-order valence-electron chi connectivity index (χ3n) is 9.87. The Bertz CT molecular complexity index is 868. The molecule has 1 fully saturated rings. The van der Waals surface area contributed by atoms with E-state index in [0.29, 0.717) is 18.6 Å². The molecule has 0 aromatic heterocycles. The lowest BCUT2D eigenvalue weighted by atomic mass is 9.89. The molecule has 1 unspecified atom stereocenters. The van der Waals surface area contributed by atoms with Crippen LogP contribution in [0.3, 0.4) is 0 Å². The maximum absolute atomic E-state index is 7.19. The molecule has 0 radical (unpaired) electrons. The van der Waals surface area contributed by atoms with Crippen LogP contribution in [-0.4, -0.2) is 55.3 Å². The van der Waals surface area contributed by atoms with Crippen LogP contribution in [0.15, 0.2) is 24.3 Å². The number of hydrogen-bond donors (Lipinski definition) is 0. The Labute approximate surface area is 249 Å². The highest BCUT2D eigenvalue weighted by molar-refractivity contribution is 6.74. The maximum atomic E-state index is 7.19. The number of benzene rings is 1. The summed E-state index contributed by atoms with van der Waals surface area (Å²) in [6, 6.07) is 8.18. The van der Waals surface area contributed by atoms with Crippen LogP contribution in [-0.2, 0) is 24.9 Å². The van der Waals surface area contributed by atoms with Crippen molar-refractivity contribution in [1.29, 1.82) is 0 Å². The van der Waals surface area contributed by atoms with Gasteiger partial charge < -0.3 is 23.1 Å². The highest BCUT2D eigenvalue weighted by atomic mass is 28.4. The summed E-state index contributed by atoms with van der Waals surface area (Å²) < 4.78 is 31.5. The van der Waals surface area contributed by atoms with Gasteiger partial charge in [0.05, 0.1) is 38.6 Å². The second-order valence-corrected chi connectivity index (χ2v) is 24.7. The van der Waals surface area contributed by atoms with Crippen molar-refractivity contribution in [1.82, 2.24) is 0 Å². The molecule has 40 heavy (non-hydrogen) atoms. The van der Waals surface area contributed by atoms with Gasteiger partial charge in [0.1, 0.15) is 5.75 Å². The first-order chi connectivity index (χ1) is 18.4. The lowest BCUT2D eigenvalue weighted by Gasteiger charge is -2.43. The molecule has 1 aliphatic heterocycles. The normalized spacial score (nSPS) is 19.7. The Morgan fingerprint density at radius 2 is 1.48 bits per heavy atom. The van der Waals surface area contributed by atoms with Crippen molar-refractivity contribution in [3.05, 3.63) is 29.8 Å². The lowest BCUT2D eigenvalue weighted by Crippen LogP contribution is -2.47. The molecule has 2 rings (SSSR count). The Hall–Kier alpha value is -0.706. The van der Waals surface area contributed by atoms with Crippen LogP contribution in [0.5, 0.6) is 5.75 Å². The molecular weight excluding hydrogens is 533 g/mol. The zero-order valence-electron chi connectivity index (χ0n) is 28.2. The second-order valence-electron chi connectivity index (χ2n) is 15.1. The molecule has 7 heteroatoms. The zero-order valence-corrected chi connectivity index (χ0v) is 30.2. The van der Waals surface area contributed by atoms with E-state index < -0.39 is 16.6 Å². The average molecular weight is 595 g/mol. The van der Waals surface area contributed by atoms with Crippen molar-refractivity contribution in [2.24, 2.45) is 11.8 Å². The van der Waals surface area contributed by atoms with Crippen LogP contribution in [0.1, 0.15) is 86.6 Å². The molecule has 5 atom stereocenters. The largest absolute Gasteiger partial charge is 0.497 e. The van der Waals surface area contributed by atoms with Crippen molar-refractivity contribution >= 4 is 16.6 Å². The number of epoxide rings is 1. The number of methoxy groups -OCH3 is 1. The van der Waals surface area contributed by atoms with Crippen LogP contribution < -0.4 is 4.74 Å². The number of hydrogen-bond acceptors (Lipinski definition) is 5. The fourth-order valence-electron chi connectivity index (χ4n) is 4.39. The van der Waals surface area contributed by atoms with Gasteiger partial charge in [-0.25, -0.2) is 0 Å². The van der Waals surface area contributed by atoms with E-state index in [1.165, 1.54) is 0 Å². The van der Waals surface area contributed by atoms with E-state index in [-0.39, 0.29) is 28.2 Å². The summed E-state index contributed by atoms with van der Waals surface area (Å²) in [5.74, 6) is 1.67. The van der Waals surface area contributed by atoms with Crippen LogP contribution in [0, 0.1) is 11.8 Å². The topological polar surface area (TPSA) is 49.5 Å². The van der Waals surface area contributed by atoms with E-state index >= 15 is 0 Å². The predicted octanol–water partition coefficient (Wildman–Crippen LogP) is 9.22. The summed E-state index contributed by atoms with van der Waals surface area (Å²) in [7, 11) is -2.05. The monoisotopic (exact) mass is 594 g/mol. The van der Waals surface area contributed by atoms with Gasteiger partial charge in [0.15, 0.2) is 16.6 Å². The SMILES string of the molecule is CC[C@H](CC[C@H](O[Si](C)(C)C(C)(C)C)[C@@H](C)[C@H](CC1CO1)OCc1ccc(OC)cc1)CO[Si](C)(C)C(C)(C)C. The van der Waals surface area contributed by atoms with Crippen LogP contribution in [0.2, 0.25) is 36.3 Å². The lowest BCUT2D eigenvalue weighted by molar-refractivity contribution is -0.0448. The summed E-state index contributed by atoms with van der Waals surface area (Å²) in [5.41, 5.74) is 1.16. The minimum Gasteiger partial charge on any atom is -0.497 e. The van der Waals surface area contributed by atoms with Crippen LogP contribution >= 0.6 is 0 Å². The summed E-state index contributed by atoms with van der Waals surface area (Å²) in [4.78, 5) is 0. The van der Waals surface area contributed by atoms with Gasteiger partial charge in [0.2, 0.25) is 0 Å². The molecule has 5 nitrogen and oxygen atoms in total. The molecule has 0 aliphatic carbocycles. The van der Waals surface area contributed by atoms with Gasteiger partial charge in [-0.3, -0.25) is 0 Å². The smallest absolute Gasteiger partial charge is 0.192 e. The summed E-state index contributed by atoms with van der Waals surface area (Å²) >= 11 is 0. The average Bonchev–Trinajstić information content (AvgIpc) is 3.68. The van der Waals surface area contributed by atoms with Crippen molar-refractivity contribution in [3.63, 3.8) is 0 Å². The molecule has 0 amide bonds. The molecular formula is C33H62O5Si2. The third-order valence-corrected chi connectivity index (χ3v) is 18.9. The minimum atomic E-state index is -1.98. The Morgan fingerprint density at radius 1 is 0.900 bits per heavy atom. The van der Waals surface area contributed by atoms with Crippen molar-refractivity contribution in [2.75, 3.05) is 20.3 Å². The molecule has 1 saturated heterocycles. The fourth-order valence-corrected chi connectivity index (χ4v) is 6.92. The Morgan fingerprint density at radius 3 is 1.95 bits per heavy atom. The van der Waals surface area contributed by atoms with Gasteiger partial charge >= 0.3 is 0 Å². The molecule has 0 saturated carbocycles. The maximum Gasteiger partial charge on any atom is 0.192 e. The van der Waals surface area contributed by atoms with Gasteiger partial charge in [0.25, 0.3) is 0 Å². The first-order valence-corrected chi connectivity index (χ1v) is 21.4.